The van der Waals surface area contributed by atoms with Gasteiger partial charge in [0.1, 0.15) is 4.90 Å². The second-order valence-corrected chi connectivity index (χ2v) is 11.4. The second kappa shape index (κ2) is 15.4. The summed E-state index contributed by atoms with van der Waals surface area (Å²) in [4.78, 5) is 43.9. The zero-order valence-corrected chi connectivity index (χ0v) is 24.3. The number of carboxylic acid groups (broad SMARTS) is 2. The lowest BCUT2D eigenvalue weighted by atomic mass is 10.2. The summed E-state index contributed by atoms with van der Waals surface area (Å²) in [6.45, 7) is 3.68. The third kappa shape index (κ3) is 10.2. The maximum atomic E-state index is 11.8. The SMILES string of the molecule is CCOC(=O)c1cc(Cl)c(S(=O)(=O)CC(=O)O)c(Cl)c1.CCOC(=O)c1cc(Cl)c(SCC(=O)O)c(Cl)c1. The summed E-state index contributed by atoms with van der Waals surface area (Å²) < 4.78 is 33.2. The van der Waals surface area contributed by atoms with Crippen molar-refractivity contribution in [3.05, 3.63) is 55.5 Å². The highest BCUT2D eigenvalue weighted by atomic mass is 35.5. The summed E-state index contributed by atoms with van der Waals surface area (Å²) in [6.07, 6.45) is 0. The number of carbonyl (C=O) groups is 4. The van der Waals surface area contributed by atoms with Gasteiger partial charge in [-0.25, -0.2) is 18.0 Å². The van der Waals surface area contributed by atoms with Crippen LogP contribution in [0.15, 0.2) is 34.1 Å². The van der Waals surface area contributed by atoms with Gasteiger partial charge >= 0.3 is 23.9 Å². The van der Waals surface area contributed by atoms with Crippen LogP contribution in [-0.2, 0) is 28.9 Å². The summed E-state index contributed by atoms with van der Waals surface area (Å²) in [5.74, 6) is -5.04. The summed E-state index contributed by atoms with van der Waals surface area (Å²) >= 11 is 24.5. The quantitative estimate of drug-likeness (QED) is 0.251. The van der Waals surface area contributed by atoms with Gasteiger partial charge in [-0.2, -0.15) is 0 Å². The predicted molar refractivity (Wildman–Crippen MR) is 143 cm³/mol. The van der Waals surface area contributed by atoms with Gasteiger partial charge in [0.15, 0.2) is 15.6 Å². The molecule has 0 atom stereocenters. The summed E-state index contributed by atoms with van der Waals surface area (Å²) in [5, 5.41) is 17.0. The number of rotatable bonds is 10. The molecule has 16 heteroatoms. The molecule has 2 N–H and O–H groups in total. The molecule has 0 aliphatic rings. The van der Waals surface area contributed by atoms with E-state index >= 15 is 0 Å². The van der Waals surface area contributed by atoms with E-state index < -0.39 is 44.4 Å². The number of carbonyl (C=O) groups excluding carboxylic acids is 2. The Labute approximate surface area is 242 Å². The van der Waals surface area contributed by atoms with Crippen molar-refractivity contribution in [1.82, 2.24) is 0 Å². The van der Waals surface area contributed by atoms with Gasteiger partial charge in [0, 0.05) is 4.90 Å². The number of esters is 2. The molecule has 0 heterocycles. The zero-order valence-electron chi connectivity index (χ0n) is 19.6. The fraction of sp³-hybridized carbons (Fsp3) is 0.273. The Kier molecular flexibility index (Phi) is 13.7. The van der Waals surface area contributed by atoms with Gasteiger partial charge in [-0.1, -0.05) is 46.4 Å². The Bertz CT molecular complexity index is 1280. The van der Waals surface area contributed by atoms with Crippen LogP contribution < -0.4 is 0 Å². The molecule has 0 aromatic heterocycles. The summed E-state index contributed by atoms with van der Waals surface area (Å²) in [7, 11) is -4.19. The Balaban J connectivity index is 0.000000382. The van der Waals surface area contributed by atoms with Gasteiger partial charge in [-0.15, -0.1) is 11.8 Å². The van der Waals surface area contributed by atoms with Gasteiger partial charge in [0.05, 0.1) is 50.2 Å². The van der Waals surface area contributed by atoms with Crippen LogP contribution >= 0.6 is 58.2 Å². The molecule has 0 unspecified atom stereocenters. The van der Waals surface area contributed by atoms with E-state index in [1.807, 2.05) is 0 Å². The lowest BCUT2D eigenvalue weighted by molar-refractivity contribution is -0.135. The predicted octanol–water partition coefficient (Wildman–Crippen LogP) is 5.38. The number of hydrogen-bond donors (Lipinski definition) is 2. The van der Waals surface area contributed by atoms with Crippen LogP contribution in [0.4, 0.5) is 0 Å². The maximum absolute atomic E-state index is 11.8. The number of sulfone groups is 1. The molecule has 0 saturated carbocycles. The molecule has 2 aromatic rings. The topological polar surface area (TPSA) is 161 Å². The molecule has 0 aliphatic carbocycles. The zero-order chi connectivity index (χ0) is 29.2. The number of carboxylic acids is 2. The maximum Gasteiger partial charge on any atom is 0.338 e. The number of hydrogen-bond acceptors (Lipinski definition) is 9. The summed E-state index contributed by atoms with van der Waals surface area (Å²) in [6, 6.07) is 4.96. The Morgan fingerprint density at radius 2 is 1.16 bits per heavy atom. The molecule has 38 heavy (non-hydrogen) atoms. The number of halogens is 4. The number of ether oxygens (including phenoxy) is 2. The van der Waals surface area contributed by atoms with E-state index in [2.05, 4.69) is 0 Å². The average molecular weight is 650 g/mol. The van der Waals surface area contributed by atoms with Crippen LogP contribution in [-0.4, -0.2) is 67.2 Å². The molecular formula is C22H20Cl4O10S2. The van der Waals surface area contributed by atoms with Crippen molar-refractivity contribution in [2.75, 3.05) is 24.7 Å². The molecule has 208 valence electrons. The minimum atomic E-state index is -4.19. The third-order valence-corrected chi connectivity index (χ3v) is 8.43. The van der Waals surface area contributed by atoms with Crippen molar-refractivity contribution in [3.63, 3.8) is 0 Å². The third-order valence-electron chi connectivity index (χ3n) is 3.98. The highest BCUT2D eigenvalue weighted by Gasteiger charge is 2.26. The fourth-order valence-electron chi connectivity index (χ4n) is 2.59. The standard InChI is InChI=1S/C11H10Cl2O6S.C11H10Cl2O4S/c1-2-19-11(16)6-3-7(12)10(8(13)4-6)20(17,18)5-9(14)15;1-2-17-11(16)6-3-7(12)10(8(13)4-6)18-5-9(14)15/h3-4H,2,5H2,1H3,(H,14,15);3-4H,2,5H2,1H3,(H,14,15). The van der Waals surface area contributed by atoms with Crippen LogP contribution in [0.3, 0.4) is 0 Å². The highest BCUT2D eigenvalue weighted by Crippen LogP contribution is 2.35. The second-order valence-electron chi connectivity index (χ2n) is 6.81. The summed E-state index contributed by atoms with van der Waals surface area (Å²) in [5.41, 5.74) is 0.225. The molecule has 0 amide bonds. The molecule has 0 radical (unpaired) electrons. The first-order valence-electron chi connectivity index (χ1n) is 10.3. The van der Waals surface area contributed by atoms with Gasteiger partial charge in [0.2, 0.25) is 0 Å². The van der Waals surface area contributed by atoms with E-state index in [0.29, 0.717) is 4.90 Å². The van der Waals surface area contributed by atoms with E-state index in [9.17, 15) is 27.6 Å². The van der Waals surface area contributed by atoms with Gasteiger partial charge in [-0.3, -0.25) is 9.59 Å². The lowest BCUT2D eigenvalue weighted by Gasteiger charge is -2.09. The van der Waals surface area contributed by atoms with Crippen molar-refractivity contribution in [2.24, 2.45) is 0 Å². The lowest BCUT2D eigenvalue weighted by Crippen LogP contribution is -2.16. The van der Waals surface area contributed by atoms with Crippen molar-refractivity contribution in [1.29, 1.82) is 0 Å². The van der Waals surface area contributed by atoms with Gasteiger partial charge < -0.3 is 19.7 Å². The molecule has 0 fully saturated rings. The van der Waals surface area contributed by atoms with E-state index in [1.54, 1.807) is 13.8 Å². The molecule has 0 spiro atoms. The van der Waals surface area contributed by atoms with Crippen LogP contribution in [0.5, 0.6) is 0 Å². The smallest absolute Gasteiger partial charge is 0.338 e. The molecule has 10 nitrogen and oxygen atoms in total. The molecule has 0 aliphatic heterocycles. The first kappa shape index (κ1) is 33.8. The van der Waals surface area contributed by atoms with Crippen LogP contribution in [0.1, 0.15) is 34.6 Å². The van der Waals surface area contributed by atoms with Crippen LogP contribution in [0.25, 0.3) is 0 Å². The Morgan fingerprint density at radius 1 is 0.763 bits per heavy atom. The van der Waals surface area contributed by atoms with E-state index in [0.717, 1.165) is 23.9 Å². The highest BCUT2D eigenvalue weighted by molar-refractivity contribution is 8.00. The Morgan fingerprint density at radius 3 is 1.50 bits per heavy atom. The van der Waals surface area contributed by atoms with Crippen molar-refractivity contribution < 1.29 is 47.3 Å². The van der Waals surface area contributed by atoms with Crippen molar-refractivity contribution in [3.8, 4) is 0 Å². The van der Waals surface area contributed by atoms with Gasteiger partial charge in [-0.05, 0) is 38.1 Å². The van der Waals surface area contributed by atoms with Gasteiger partial charge in [0.25, 0.3) is 0 Å². The number of benzene rings is 2. The first-order chi connectivity index (χ1) is 17.6. The van der Waals surface area contributed by atoms with Crippen LogP contribution in [0, 0.1) is 0 Å². The molecule has 2 aromatic carbocycles. The average Bonchev–Trinajstić information content (AvgIpc) is 2.77. The minimum Gasteiger partial charge on any atom is -0.481 e. The normalized spacial score (nSPS) is 10.7. The fourth-order valence-corrected chi connectivity index (χ4v) is 6.44. The minimum absolute atomic E-state index is 0.0175. The number of aliphatic carboxylic acids is 2. The molecule has 0 saturated heterocycles. The van der Waals surface area contributed by atoms with Crippen LogP contribution in [0.2, 0.25) is 20.1 Å². The Hall–Kier alpha value is -2.22. The van der Waals surface area contributed by atoms with E-state index in [1.165, 1.54) is 12.1 Å². The number of thioether (sulfide) groups is 1. The molecule has 0 bridgehead atoms. The molecule has 2 rings (SSSR count). The first-order valence-corrected chi connectivity index (χ1v) is 14.4. The largest absolute Gasteiger partial charge is 0.481 e. The monoisotopic (exact) mass is 648 g/mol. The van der Waals surface area contributed by atoms with E-state index in [4.69, 9.17) is 66.1 Å². The van der Waals surface area contributed by atoms with E-state index in [-0.39, 0.29) is 50.2 Å². The van der Waals surface area contributed by atoms with Crippen molar-refractivity contribution >= 4 is 91.9 Å². The molecular weight excluding hydrogens is 630 g/mol. The van der Waals surface area contributed by atoms with Crippen molar-refractivity contribution in [2.45, 2.75) is 23.6 Å².